The highest BCUT2D eigenvalue weighted by Crippen LogP contribution is 2.42. The van der Waals surface area contributed by atoms with Gasteiger partial charge < -0.3 is 14.8 Å². The highest BCUT2D eigenvalue weighted by atomic mass is 16.5. The van der Waals surface area contributed by atoms with Gasteiger partial charge in [-0.15, -0.1) is 0 Å². The molecule has 1 fully saturated rings. The van der Waals surface area contributed by atoms with Crippen LogP contribution in [-0.2, 0) is 19.1 Å². The first-order chi connectivity index (χ1) is 7.53. The van der Waals surface area contributed by atoms with E-state index in [1.165, 1.54) is 14.2 Å². The van der Waals surface area contributed by atoms with Crippen LogP contribution in [-0.4, -0.2) is 37.7 Å². The van der Waals surface area contributed by atoms with Crippen LogP contribution in [0, 0.1) is 11.8 Å². The summed E-state index contributed by atoms with van der Waals surface area (Å²) in [5.74, 6) is -1.76. The number of methoxy groups -OCH3 is 2. The summed E-state index contributed by atoms with van der Waals surface area (Å²) in [6.45, 7) is 1.88. The van der Waals surface area contributed by atoms with Crippen molar-refractivity contribution in [2.45, 2.75) is 18.5 Å². The average Bonchev–Trinajstić information content (AvgIpc) is 2.79. The Hall–Kier alpha value is -1.36. The molecule has 16 heavy (non-hydrogen) atoms. The number of ether oxygens (including phenoxy) is 2. The molecule has 0 radical (unpaired) electrons. The van der Waals surface area contributed by atoms with Crippen LogP contribution in [0.25, 0.3) is 0 Å². The molecule has 0 aromatic heterocycles. The van der Waals surface area contributed by atoms with Gasteiger partial charge in [0.1, 0.15) is 0 Å². The molecule has 2 aliphatic rings. The third-order valence-corrected chi connectivity index (χ3v) is 3.45. The maximum Gasteiger partial charge on any atom is 0.311 e. The summed E-state index contributed by atoms with van der Waals surface area (Å²) in [4.78, 5) is 23.4. The number of hydrogen-bond donors (Lipinski definition) is 1. The number of carbonyl (C=O) groups excluding carboxylic acids is 2. The number of esters is 2. The number of fused-ring (bicyclic) bond motifs is 2. The van der Waals surface area contributed by atoms with Crippen LogP contribution in [0.15, 0.2) is 12.2 Å². The lowest BCUT2D eigenvalue weighted by Crippen LogP contribution is -2.44. The summed E-state index contributed by atoms with van der Waals surface area (Å²) in [5.41, 5.74) is -0.503. The second-order valence-electron chi connectivity index (χ2n) is 4.36. The molecule has 1 saturated heterocycles. The van der Waals surface area contributed by atoms with Crippen molar-refractivity contribution in [3.8, 4) is 0 Å². The monoisotopic (exact) mass is 225 g/mol. The predicted molar refractivity (Wildman–Crippen MR) is 55.5 cm³/mol. The minimum Gasteiger partial charge on any atom is -0.469 e. The van der Waals surface area contributed by atoms with Crippen molar-refractivity contribution in [1.82, 2.24) is 5.32 Å². The lowest BCUT2D eigenvalue weighted by molar-refractivity contribution is -0.157. The fourth-order valence-corrected chi connectivity index (χ4v) is 2.68. The van der Waals surface area contributed by atoms with Crippen LogP contribution >= 0.6 is 0 Å². The molecule has 2 rings (SSSR count). The quantitative estimate of drug-likeness (QED) is 0.523. The number of rotatable bonds is 2. The van der Waals surface area contributed by atoms with Crippen molar-refractivity contribution >= 4 is 11.9 Å². The van der Waals surface area contributed by atoms with Gasteiger partial charge in [-0.1, -0.05) is 12.2 Å². The normalized spacial score (nSPS) is 39.8. The summed E-state index contributed by atoms with van der Waals surface area (Å²) >= 11 is 0. The Bertz CT molecular complexity index is 365. The Morgan fingerprint density at radius 3 is 2.44 bits per heavy atom. The molecule has 0 aromatic carbocycles. The number of nitrogens with one attached hydrogen (secondary N) is 1. The fraction of sp³-hybridized carbons (Fsp3) is 0.636. The van der Waals surface area contributed by atoms with Gasteiger partial charge in [0.15, 0.2) is 0 Å². The molecule has 2 bridgehead atoms. The summed E-state index contributed by atoms with van der Waals surface area (Å²) in [5, 5.41) is 3.22. The van der Waals surface area contributed by atoms with E-state index in [2.05, 4.69) is 5.32 Å². The van der Waals surface area contributed by atoms with Gasteiger partial charge in [0.05, 0.1) is 26.1 Å². The summed E-state index contributed by atoms with van der Waals surface area (Å²) < 4.78 is 9.49. The molecular weight excluding hydrogens is 210 g/mol. The van der Waals surface area contributed by atoms with Gasteiger partial charge in [-0.2, -0.15) is 0 Å². The maximum absolute atomic E-state index is 11.7. The Kier molecular flexibility index (Phi) is 2.50. The second-order valence-corrected chi connectivity index (χ2v) is 4.36. The van der Waals surface area contributed by atoms with Crippen molar-refractivity contribution in [2.75, 3.05) is 14.2 Å². The molecule has 0 amide bonds. The predicted octanol–water partition coefficient (Wildman–Crippen LogP) is -0.135. The van der Waals surface area contributed by atoms with Crippen molar-refractivity contribution in [3.63, 3.8) is 0 Å². The average molecular weight is 225 g/mol. The molecule has 4 unspecified atom stereocenters. The Balaban J connectivity index is 2.34. The third kappa shape index (κ3) is 1.35. The summed E-state index contributed by atoms with van der Waals surface area (Å²) in [6.07, 6.45) is 3.82. The SMILES string of the molecule is COC(=O)C1C2C=CC(C)(N2)C1C(=O)OC. The third-order valence-electron chi connectivity index (χ3n) is 3.45. The largest absolute Gasteiger partial charge is 0.469 e. The molecular formula is C11H15NO4. The highest BCUT2D eigenvalue weighted by Gasteiger charge is 2.59. The van der Waals surface area contributed by atoms with Crippen LogP contribution < -0.4 is 5.32 Å². The zero-order chi connectivity index (χ0) is 11.9. The molecule has 2 aliphatic heterocycles. The first-order valence-electron chi connectivity index (χ1n) is 5.16. The number of carbonyl (C=O) groups is 2. The first-order valence-corrected chi connectivity index (χ1v) is 5.16. The molecule has 88 valence electrons. The van der Waals surface area contributed by atoms with Gasteiger partial charge in [0.25, 0.3) is 0 Å². The maximum atomic E-state index is 11.7. The topological polar surface area (TPSA) is 64.6 Å². The Morgan fingerprint density at radius 1 is 1.25 bits per heavy atom. The fourth-order valence-electron chi connectivity index (χ4n) is 2.68. The Labute approximate surface area is 93.8 Å². The van der Waals surface area contributed by atoms with Gasteiger partial charge >= 0.3 is 11.9 Å². The van der Waals surface area contributed by atoms with Crippen LogP contribution in [0.5, 0.6) is 0 Å². The van der Waals surface area contributed by atoms with Crippen molar-refractivity contribution in [2.24, 2.45) is 11.8 Å². The van der Waals surface area contributed by atoms with E-state index < -0.39 is 17.4 Å². The van der Waals surface area contributed by atoms with Gasteiger partial charge in [0.2, 0.25) is 0 Å². The molecule has 2 heterocycles. The van der Waals surface area contributed by atoms with E-state index in [4.69, 9.17) is 9.47 Å². The molecule has 0 aliphatic carbocycles. The van der Waals surface area contributed by atoms with E-state index in [1.807, 2.05) is 19.1 Å². The van der Waals surface area contributed by atoms with Crippen LogP contribution in [0.3, 0.4) is 0 Å². The summed E-state index contributed by atoms with van der Waals surface area (Å²) in [7, 11) is 2.66. The van der Waals surface area contributed by atoms with E-state index in [0.717, 1.165) is 0 Å². The zero-order valence-corrected chi connectivity index (χ0v) is 9.52. The van der Waals surface area contributed by atoms with Crippen molar-refractivity contribution in [1.29, 1.82) is 0 Å². The minimum atomic E-state index is -0.514. The van der Waals surface area contributed by atoms with Crippen LogP contribution in [0.1, 0.15) is 6.92 Å². The molecule has 0 spiro atoms. The first kappa shape index (κ1) is 11.1. The molecule has 5 heteroatoms. The van der Waals surface area contributed by atoms with E-state index in [9.17, 15) is 9.59 Å². The van der Waals surface area contributed by atoms with Gasteiger partial charge in [-0.25, -0.2) is 0 Å². The van der Waals surface area contributed by atoms with Crippen molar-refractivity contribution < 1.29 is 19.1 Å². The van der Waals surface area contributed by atoms with E-state index in [-0.39, 0.29) is 18.0 Å². The van der Waals surface area contributed by atoms with E-state index >= 15 is 0 Å². The zero-order valence-electron chi connectivity index (χ0n) is 9.52. The summed E-state index contributed by atoms with van der Waals surface area (Å²) in [6, 6.07) is -0.137. The lowest BCUT2D eigenvalue weighted by Gasteiger charge is -2.28. The highest BCUT2D eigenvalue weighted by molar-refractivity contribution is 5.86. The standard InChI is InChI=1S/C11H15NO4/c1-11-5-4-6(12-11)7(9(13)15-2)8(11)10(14)16-3/h4-8,12H,1-3H3. The lowest BCUT2D eigenvalue weighted by atomic mass is 9.76. The van der Waals surface area contributed by atoms with Gasteiger partial charge in [0, 0.05) is 11.6 Å². The smallest absolute Gasteiger partial charge is 0.311 e. The van der Waals surface area contributed by atoms with E-state index in [0.29, 0.717) is 0 Å². The molecule has 5 nitrogen and oxygen atoms in total. The van der Waals surface area contributed by atoms with Gasteiger partial charge in [-0.3, -0.25) is 9.59 Å². The number of hydrogen-bond acceptors (Lipinski definition) is 5. The van der Waals surface area contributed by atoms with Crippen molar-refractivity contribution in [3.05, 3.63) is 12.2 Å². The molecule has 0 aromatic rings. The minimum absolute atomic E-state index is 0.137. The molecule has 1 N–H and O–H groups in total. The second kappa shape index (κ2) is 3.59. The van der Waals surface area contributed by atoms with E-state index in [1.54, 1.807) is 0 Å². The van der Waals surface area contributed by atoms with Crippen LogP contribution in [0.4, 0.5) is 0 Å². The Morgan fingerprint density at radius 2 is 1.88 bits per heavy atom. The van der Waals surface area contributed by atoms with Crippen LogP contribution in [0.2, 0.25) is 0 Å². The molecule has 0 saturated carbocycles. The van der Waals surface area contributed by atoms with Gasteiger partial charge in [-0.05, 0) is 6.92 Å². The molecule has 4 atom stereocenters.